The van der Waals surface area contributed by atoms with Gasteiger partial charge in [-0.25, -0.2) is 4.79 Å². The van der Waals surface area contributed by atoms with Crippen molar-refractivity contribution in [2.75, 3.05) is 25.6 Å². The highest BCUT2D eigenvalue weighted by molar-refractivity contribution is 5.95. The Morgan fingerprint density at radius 2 is 1.62 bits per heavy atom. The van der Waals surface area contributed by atoms with Crippen LogP contribution in [0.25, 0.3) is 0 Å². The molecule has 1 saturated heterocycles. The zero-order valence-corrected chi connectivity index (χ0v) is 16.8. The van der Waals surface area contributed by atoms with Crippen LogP contribution >= 0.6 is 0 Å². The number of esters is 1. The van der Waals surface area contributed by atoms with Crippen LogP contribution in [0.15, 0.2) is 53.5 Å². The molecule has 0 atom stereocenters. The average molecular weight is 394 g/mol. The summed E-state index contributed by atoms with van der Waals surface area (Å²) in [6.45, 7) is 2.00. The van der Waals surface area contributed by atoms with Crippen LogP contribution in [0.2, 0.25) is 0 Å². The fourth-order valence-electron chi connectivity index (χ4n) is 3.18. The van der Waals surface area contributed by atoms with Crippen LogP contribution in [0.3, 0.4) is 0 Å². The van der Waals surface area contributed by atoms with Crippen molar-refractivity contribution in [1.82, 2.24) is 10.6 Å². The van der Waals surface area contributed by atoms with E-state index in [1.807, 2.05) is 41.3 Å². The third-order valence-corrected chi connectivity index (χ3v) is 4.84. The van der Waals surface area contributed by atoms with Gasteiger partial charge in [0.15, 0.2) is 5.96 Å². The summed E-state index contributed by atoms with van der Waals surface area (Å²) in [5, 5.41) is 6.53. The van der Waals surface area contributed by atoms with Gasteiger partial charge in [0.25, 0.3) is 0 Å². The fraction of sp³-hybridized carbons (Fsp3) is 0.318. The van der Waals surface area contributed by atoms with Gasteiger partial charge in [0.2, 0.25) is 5.91 Å². The molecule has 3 rings (SSSR count). The predicted molar refractivity (Wildman–Crippen MR) is 113 cm³/mol. The zero-order chi connectivity index (χ0) is 20.6. The molecule has 1 aliphatic rings. The Labute approximate surface area is 170 Å². The van der Waals surface area contributed by atoms with Crippen LogP contribution < -0.4 is 15.5 Å². The van der Waals surface area contributed by atoms with Gasteiger partial charge in [0.05, 0.1) is 12.7 Å². The highest BCUT2D eigenvalue weighted by atomic mass is 16.5. The van der Waals surface area contributed by atoms with Crippen molar-refractivity contribution in [1.29, 1.82) is 0 Å². The molecular formula is C22H26N4O3. The van der Waals surface area contributed by atoms with Gasteiger partial charge in [0.1, 0.15) is 0 Å². The number of nitrogens with one attached hydrogen (secondary N) is 2. The lowest BCUT2D eigenvalue weighted by Gasteiger charge is -2.16. The number of nitrogens with zero attached hydrogens (tertiary/aromatic N) is 2. The molecule has 1 amide bonds. The molecule has 0 bridgehead atoms. The Balaban J connectivity index is 1.49. The number of carbonyl (C=O) groups is 2. The Morgan fingerprint density at radius 1 is 1.03 bits per heavy atom. The minimum Gasteiger partial charge on any atom is -0.465 e. The summed E-state index contributed by atoms with van der Waals surface area (Å²) in [5.74, 6) is 0.531. The lowest BCUT2D eigenvalue weighted by Crippen LogP contribution is -2.36. The fourth-order valence-corrected chi connectivity index (χ4v) is 3.18. The van der Waals surface area contributed by atoms with E-state index >= 15 is 0 Å². The van der Waals surface area contributed by atoms with Gasteiger partial charge in [-0.1, -0.05) is 24.3 Å². The first-order chi connectivity index (χ1) is 14.1. The number of guanidine groups is 1. The number of hydrogen-bond acceptors (Lipinski definition) is 4. The monoisotopic (exact) mass is 394 g/mol. The minimum atomic E-state index is -0.345. The second-order valence-electron chi connectivity index (χ2n) is 6.78. The summed E-state index contributed by atoms with van der Waals surface area (Å²) in [6.07, 6.45) is 1.56. The number of anilines is 1. The van der Waals surface area contributed by atoms with Crippen LogP contribution in [-0.2, 0) is 22.6 Å². The Kier molecular flexibility index (Phi) is 6.84. The SMILES string of the molecule is CN=C(NCc1ccc(C(=O)OC)cc1)NCc1ccc(N2CCCC2=O)cc1. The van der Waals surface area contributed by atoms with E-state index in [1.54, 1.807) is 19.2 Å². The number of rotatable bonds is 6. The lowest BCUT2D eigenvalue weighted by atomic mass is 10.1. The first-order valence-corrected chi connectivity index (χ1v) is 9.62. The van der Waals surface area contributed by atoms with Crippen LogP contribution in [0.1, 0.15) is 34.3 Å². The van der Waals surface area contributed by atoms with Crippen molar-refractivity contribution in [3.05, 3.63) is 65.2 Å². The van der Waals surface area contributed by atoms with Gasteiger partial charge >= 0.3 is 5.97 Å². The summed E-state index contributed by atoms with van der Waals surface area (Å²) >= 11 is 0. The molecule has 2 aromatic carbocycles. The number of ether oxygens (including phenoxy) is 1. The smallest absolute Gasteiger partial charge is 0.337 e. The molecule has 7 heteroatoms. The topological polar surface area (TPSA) is 83.0 Å². The molecule has 0 unspecified atom stereocenters. The highest BCUT2D eigenvalue weighted by Gasteiger charge is 2.21. The number of aliphatic imine (C=N–C) groups is 1. The molecule has 0 saturated carbocycles. The van der Waals surface area contributed by atoms with Gasteiger partial charge in [0, 0.05) is 38.8 Å². The molecule has 1 aliphatic heterocycles. The van der Waals surface area contributed by atoms with Crippen LogP contribution in [0.5, 0.6) is 0 Å². The Hall–Kier alpha value is -3.35. The van der Waals surface area contributed by atoms with Crippen molar-refractivity contribution in [2.24, 2.45) is 4.99 Å². The van der Waals surface area contributed by atoms with E-state index in [0.717, 1.165) is 29.8 Å². The van der Waals surface area contributed by atoms with Crippen molar-refractivity contribution < 1.29 is 14.3 Å². The standard InChI is InChI=1S/C22H26N4O3/c1-23-22(24-14-16-5-9-18(10-6-16)21(28)29-2)25-15-17-7-11-19(12-8-17)26-13-3-4-20(26)27/h5-12H,3-4,13-15H2,1-2H3,(H2,23,24,25). The van der Waals surface area contributed by atoms with E-state index < -0.39 is 0 Å². The third kappa shape index (κ3) is 5.34. The molecule has 0 aromatic heterocycles. The normalized spacial score (nSPS) is 14.1. The van der Waals surface area contributed by atoms with Crippen molar-refractivity contribution in [2.45, 2.75) is 25.9 Å². The summed E-state index contributed by atoms with van der Waals surface area (Å²) in [5.41, 5.74) is 3.61. The molecule has 0 aliphatic carbocycles. The Morgan fingerprint density at radius 3 is 2.10 bits per heavy atom. The van der Waals surface area contributed by atoms with Crippen LogP contribution in [-0.4, -0.2) is 38.5 Å². The van der Waals surface area contributed by atoms with Gasteiger partial charge in [-0.05, 0) is 41.8 Å². The largest absolute Gasteiger partial charge is 0.465 e. The van der Waals surface area contributed by atoms with Gasteiger partial charge in [-0.3, -0.25) is 9.79 Å². The first-order valence-electron chi connectivity index (χ1n) is 9.62. The maximum atomic E-state index is 11.8. The first kappa shape index (κ1) is 20.4. The molecular weight excluding hydrogens is 368 g/mol. The summed E-state index contributed by atoms with van der Waals surface area (Å²) in [4.78, 5) is 29.4. The molecule has 7 nitrogen and oxygen atoms in total. The molecule has 2 N–H and O–H groups in total. The lowest BCUT2D eigenvalue weighted by molar-refractivity contribution is -0.117. The average Bonchev–Trinajstić information content (AvgIpc) is 3.20. The molecule has 152 valence electrons. The maximum absolute atomic E-state index is 11.8. The summed E-state index contributed by atoms with van der Waals surface area (Å²) in [7, 11) is 3.09. The van der Waals surface area contributed by atoms with Crippen molar-refractivity contribution >= 4 is 23.5 Å². The maximum Gasteiger partial charge on any atom is 0.337 e. The van der Waals surface area contributed by atoms with Crippen LogP contribution in [0.4, 0.5) is 5.69 Å². The van der Waals surface area contributed by atoms with Crippen molar-refractivity contribution in [3.63, 3.8) is 0 Å². The second kappa shape index (κ2) is 9.73. The number of benzene rings is 2. The molecule has 1 fully saturated rings. The van der Waals surface area contributed by atoms with E-state index in [9.17, 15) is 9.59 Å². The minimum absolute atomic E-state index is 0.195. The number of amides is 1. The molecule has 0 radical (unpaired) electrons. The molecule has 2 aromatic rings. The van der Waals surface area contributed by atoms with E-state index in [1.165, 1.54) is 7.11 Å². The van der Waals surface area contributed by atoms with Gasteiger partial charge in [-0.15, -0.1) is 0 Å². The third-order valence-electron chi connectivity index (χ3n) is 4.84. The number of hydrogen-bond donors (Lipinski definition) is 2. The van der Waals surface area contributed by atoms with Gasteiger partial charge in [-0.2, -0.15) is 0 Å². The molecule has 0 spiro atoms. The predicted octanol–water partition coefficient (Wildman–Crippen LogP) is 2.47. The molecule has 1 heterocycles. The Bertz CT molecular complexity index is 876. The van der Waals surface area contributed by atoms with Gasteiger partial charge < -0.3 is 20.3 Å². The zero-order valence-electron chi connectivity index (χ0n) is 16.8. The van der Waals surface area contributed by atoms with Crippen molar-refractivity contribution in [3.8, 4) is 0 Å². The number of methoxy groups -OCH3 is 1. The van der Waals surface area contributed by atoms with E-state index in [0.29, 0.717) is 31.0 Å². The molecule has 29 heavy (non-hydrogen) atoms. The van der Waals surface area contributed by atoms with E-state index in [4.69, 9.17) is 4.74 Å². The van der Waals surface area contributed by atoms with Crippen LogP contribution in [0, 0.1) is 0 Å². The number of carbonyl (C=O) groups excluding carboxylic acids is 2. The summed E-state index contributed by atoms with van der Waals surface area (Å²) < 4.78 is 4.70. The summed E-state index contributed by atoms with van der Waals surface area (Å²) in [6, 6.07) is 15.3. The quantitative estimate of drug-likeness (QED) is 0.447. The second-order valence-corrected chi connectivity index (χ2v) is 6.78. The van der Waals surface area contributed by atoms with E-state index in [-0.39, 0.29) is 11.9 Å². The van der Waals surface area contributed by atoms with E-state index in [2.05, 4.69) is 15.6 Å². The highest BCUT2D eigenvalue weighted by Crippen LogP contribution is 2.21.